The number of benzene rings is 9. The first kappa shape index (κ1) is 36.4. The van der Waals surface area contributed by atoms with Gasteiger partial charge >= 0.3 is 0 Å². The molecule has 0 heterocycles. The van der Waals surface area contributed by atoms with Crippen molar-refractivity contribution in [3.05, 3.63) is 246 Å². The third kappa shape index (κ3) is 5.62. The van der Waals surface area contributed by atoms with Gasteiger partial charge in [-0.15, -0.1) is 0 Å². The molecule has 0 N–H and O–H groups in total. The second kappa shape index (κ2) is 14.4. The van der Waals surface area contributed by atoms with E-state index < -0.39 is 5.41 Å². The van der Waals surface area contributed by atoms with Gasteiger partial charge < -0.3 is 4.90 Å². The molecule has 0 aromatic heterocycles. The lowest BCUT2D eigenvalue weighted by molar-refractivity contribution is 0.420. The highest BCUT2D eigenvalue weighted by Crippen LogP contribution is 2.63. The number of fused-ring (bicyclic) bond motifs is 12. The van der Waals surface area contributed by atoms with Gasteiger partial charge in [-0.3, -0.25) is 0 Å². The number of rotatable bonds is 7. The maximum absolute atomic E-state index is 2.50. The Bertz CT molecular complexity index is 3110. The Morgan fingerprint density at radius 2 is 0.778 bits per heavy atom. The Morgan fingerprint density at radius 1 is 0.333 bits per heavy atom. The lowest BCUT2D eigenvalue weighted by Gasteiger charge is -2.32. The van der Waals surface area contributed by atoms with Crippen molar-refractivity contribution in [2.75, 3.05) is 4.90 Å². The van der Waals surface area contributed by atoms with Crippen LogP contribution >= 0.6 is 0 Å². The van der Waals surface area contributed by atoms with Gasteiger partial charge in [0.25, 0.3) is 0 Å². The molecule has 9 aromatic carbocycles. The van der Waals surface area contributed by atoms with E-state index in [-0.39, 0.29) is 0 Å². The summed E-state index contributed by atoms with van der Waals surface area (Å²) in [7, 11) is 0. The van der Waals surface area contributed by atoms with Crippen molar-refractivity contribution in [2.24, 2.45) is 11.8 Å². The van der Waals surface area contributed by atoms with Crippen LogP contribution in [0, 0.1) is 11.8 Å². The van der Waals surface area contributed by atoms with Crippen molar-refractivity contribution in [1.29, 1.82) is 0 Å². The van der Waals surface area contributed by atoms with E-state index in [1.807, 2.05) is 0 Å². The topological polar surface area (TPSA) is 3.24 Å². The zero-order valence-electron chi connectivity index (χ0n) is 35.3. The number of hydrogen-bond acceptors (Lipinski definition) is 1. The summed E-state index contributed by atoms with van der Waals surface area (Å²) in [4.78, 5) is 2.46. The Morgan fingerprint density at radius 3 is 1.30 bits per heavy atom. The minimum absolute atomic E-state index is 0.417. The quantitative estimate of drug-likeness (QED) is 0.155. The molecule has 3 atom stereocenters. The van der Waals surface area contributed by atoms with E-state index in [2.05, 4.69) is 223 Å². The van der Waals surface area contributed by atoms with E-state index in [1.54, 1.807) is 0 Å². The molecule has 2 bridgehead atoms. The van der Waals surface area contributed by atoms with Gasteiger partial charge in [0.2, 0.25) is 0 Å². The molecule has 1 spiro atoms. The van der Waals surface area contributed by atoms with Crippen LogP contribution in [0.5, 0.6) is 0 Å². The highest BCUT2D eigenvalue weighted by atomic mass is 15.1. The molecular weight excluding hydrogens is 759 g/mol. The summed E-state index contributed by atoms with van der Waals surface area (Å²) in [5, 5.41) is 0. The Kier molecular flexibility index (Phi) is 8.35. The summed E-state index contributed by atoms with van der Waals surface area (Å²) >= 11 is 0. The Hall–Kier alpha value is -7.22. The van der Waals surface area contributed by atoms with E-state index in [4.69, 9.17) is 0 Å². The van der Waals surface area contributed by atoms with E-state index >= 15 is 0 Å². The lowest BCUT2D eigenvalue weighted by Crippen LogP contribution is -2.26. The van der Waals surface area contributed by atoms with Gasteiger partial charge in [-0.2, -0.15) is 0 Å². The second-order valence-corrected chi connectivity index (χ2v) is 18.4. The molecular formula is C62H47N. The average molecular weight is 806 g/mol. The molecule has 0 radical (unpaired) electrons. The third-order valence-electron chi connectivity index (χ3n) is 15.2. The monoisotopic (exact) mass is 805 g/mol. The predicted octanol–water partition coefficient (Wildman–Crippen LogP) is 16.4. The zero-order valence-corrected chi connectivity index (χ0v) is 35.3. The van der Waals surface area contributed by atoms with Crippen LogP contribution in [-0.2, 0) is 5.41 Å². The lowest BCUT2D eigenvalue weighted by atomic mass is 9.70. The molecule has 2 fully saturated rings. The molecule has 4 aliphatic rings. The number of hydrogen-bond donors (Lipinski definition) is 0. The molecule has 4 aliphatic carbocycles. The van der Waals surface area contributed by atoms with E-state index in [1.165, 1.54) is 109 Å². The fraction of sp³-hybridized carbons (Fsp3) is 0.129. The minimum atomic E-state index is -0.417. The molecule has 63 heavy (non-hydrogen) atoms. The van der Waals surface area contributed by atoms with Gasteiger partial charge in [-0.1, -0.05) is 188 Å². The van der Waals surface area contributed by atoms with Crippen LogP contribution < -0.4 is 4.90 Å². The smallest absolute Gasteiger partial charge is 0.0726 e. The zero-order chi connectivity index (χ0) is 41.5. The highest BCUT2D eigenvalue weighted by Gasteiger charge is 2.51. The first-order valence-corrected chi connectivity index (χ1v) is 22.9. The van der Waals surface area contributed by atoms with Gasteiger partial charge in [-0.05, 0) is 157 Å². The van der Waals surface area contributed by atoms with Crippen LogP contribution in [-0.4, -0.2) is 0 Å². The standard InChI is InChI=1S/C62H47N/c1-2-12-44(13-3-1)51-14-4-5-15-52(51)45-30-34-49(35-31-45)63(48-32-28-43(29-33-48)42-24-26-46(27-25-42)57-39-41-22-23-47(57)38-41)50-36-37-56-55-18-8-11-21-60(55)62(61(56)40-50)58-19-9-6-16-53(58)54-17-7-10-20-59(54)62/h1-21,24-37,40-41,47,57H,22-23,38-39H2. The second-order valence-electron chi connectivity index (χ2n) is 18.4. The van der Waals surface area contributed by atoms with E-state index in [9.17, 15) is 0 Å². The summed E-state index contributed by atoms with van der Waals surface area (Å²) in [5.41, 5.74) is 22.6. The molecule has 0 saturated heterocycles. The van der Waals surface area contributed by atoms with E-state index in [0.29, 0.717) is 0 Å². The summed E-state index contributed by atoms with van der Waals surface area (Å²) in [6, 6.07) is 81.9. The van der Waals surface area contributed by atoms with Crippen LogP contribution in [0.1, 0.15) is 59.4 Å². The van der Waals surface area contributed by atoms with Crippen molar-refractivity contribution < 1.29 is 0 Å². The van der Waals surface area contributed by atoms with Gasteiger partial charge in [0, 0.05) is 17.1 Å². The Labute approximate surface area is 371 Å². The molecule has 3 unspecified atom stereocenters. The SMILES string of the molecule is c1ccc(-c2ccccc2-c2ccc(N(c3ccc(-c4ccc(C5CC6CCC5C6)cc4)cc3)c3ccc4c(c3)C3(c5ccccc5-c5ccccc53)c3ccccc3-4)cc2)cc1. The number of anilines is 3. The minimum Gasteiger partial charge on any atom is -0.310 e. The summed E-state index contributed by atoms with van der Waals surface area (Å²) in [6.45, 7) is 0. The van der Waals surface area contributed by atoms with Crippen molar-refractivity contribution in [1.82, 2.24) is 0 Å². The van der Waals surface area contributed by atoms with E-state index in [0.717, 1.165) is 34.8 Å². The molecule has 1 heteroatoms. The summed E-state index contributed by atoms with van der Waals surface area (Å²) in [5.74, 6) is 2.59. The number of nitrogens with zero attached hydrogens (tertiary/aromatic N) is 1. The molecule has 1 nitrogen and oxygen atoms in total. The van der Waals surface area contributed by atoms with Crippen LogP contribution in [0.15, 0.2) is 218 Å². The van der Waals surface area contributed by atoms with Gasteiger partial charge in [0.1, 0.15) is 0 Å². The maximum atomic E-state index is 2.50. The van der Waals surface area contributed by atoms with Gasteiger partial charge in [-0.25, -0.2) is 0 Å². The molecule has 300 valence electrons. The Balaban J connectivity index is 0.942. The van der Waals surface area contributed by atoms with Crippen LogP contribution in [0.25, 0.3) is 55.6 Å². The molecule has 0 amide bonds. The molecule has 9 aromatic rings. The summed E-state index contributed by atoms with van der Waals surface area (Å²) < 4.78 is 0. The fourth-order valence-corrected chi connectivity index (χ4v) is 12.4. The normalized spacial score (nSPS) is 18.2. The highest BCUT2D eigenvalue weighted by molar-refractivity contribution is 5.96. The van der Waals surface area contributed by atoms with Crippen molar-refractivity contribution in [2.45, 2.75) is 37.0 Å². The first-order chi connectivity index (χ1) is 31.2. The van der Waals surface area contributed by atoms with Crippen LogP contribution in [0.2, 0.25) is 0 Å². The molecule has 2 saturated carbocycles. The summed E-state index contributed by atoms with van der Waals surface area (Å²) in [6.07, 6.45) is 5.67. The van der Waals surface area contributed by atoms with Crippen LogP contribution in [0.4, 0.5) is 17.1 Å². The van der Waals surface area contributed by atoms with Gasteiger partial charge in [0.15, 0.2) is 0 Å². The fourth-order valence-electron chi connectivity index (χ4n) is 12.4. The maximum Gasteiger partial charge on any atom is 0.0726 e. The largest absolute Gasteiger partial charge is 0.310 e. The van der Waals surface area contributed by atoms with Crippen molar-refractivity contribution in [3.8, 4) is 55.6 Å². The third-order valence-corrected chi connectivity index (χ3v) is 15.2. The predicted molar refractivity (Wildman–Crippen MR) is 262 cm³/mol. The van der Waals surface area contributed by atoms with Crippen LogP contribution in [0.3, 0.4) is 0 Å². The van der Waals surface area contributed by atoms with Gasteiger partial charge in [0.05, 0.1) is 5.41 Å². The molecule has 0 aliphatic heterocycles. The van der Waals surface area contributed by atoms with Crippen molar-refractivity contribution in [3.63, 3.8) is 0 Å². The first-order valence-electron chi connectivity index (χ1n) is 22.9. The van der Waals surface area contributed by atoms with Crippen molar-refractivity contribution >= 4 is 17.1 Å². The average Bonchev–Trinajstić information content (AvgIpc) is 4.14. The molecule has 13 rings (SSSR count).